The minimum Gasteiger partial charge on any atom is -0.491 e. The summed E-state index contributed by atoms with van der Waals surface area (Å²) in [5, 5.41) is 27.7. The highest BCUT2D eigenvalue weighted by atomic mass is 16.5. The highest BCUT2D eigenvalue weighted by Crippen LogP contribution is 2.24. The molecule has 21 heavy (non-hydrogen) atoms. The van der Waals surface area contributed by atoms with Crippen LogP contribution in [0, 0.1) is 0 Å². The van der Waals surface area contributed by atoms with E-state index in [-0.39, 0.29) is 13.2 Å². The van der Waals surface area contributed by atoms with Gasteiger partial charge in [-0.05, 0) is 30.7 Å². The van der Waals surface area contributed by atoms with Gasteiger partial charge in [0.25, 0.3) is 0 Å². The maximum Gasteiger partial charge on any atom is 0.328 e. The molecular formula is C15H20O6. The molecule has 0 aliphatic carbocycles. The van der Waals surface area contributed by atoms with Crippen molar-refractivity contribution in [2.24, 2.45) is 0 Å². The van der Waals surface area contributed by atoms with Crippen LogP contribution in [0.2, 0.25) is 0 Å². The first-order chi connectivity index (χ1) is 10.1. The van der Waals surface area contributed by atoms with Gasteiger partial charge in [0.05, 0.1) is 6.61 Å². The second kappa shape index (κ2) is 9.12. The number of hydrogen-bond donors (Lipinski definition) is 3. The van der Waals surface area contributed by atoms with Gasteiger partial charge in [-0.25, -0.2) is 4.79 Å². The van der Waals surface area contributed by atoms with Crippen LogP contribution in [-0.2, 0) is 9.53 Å². The van der Waals surface area contributed by atoms with Crippen molar-refractivity contribution >= 4 is 5.97 Å². The van der Waals surface area contributed by atoms with Gasteiger partial charge in [0.2, 0.25) is 0 Å². The zero-order valence-electron chi connectivity index (χ0n) is 11.8. The molecule has 0 aromatic heterocycles. The van der Waals surface area contributed by atoms with Gasteiger partial charge in [0.1, 0.15) is 24.6 Å². The molecule has 116 valence electrons. The Labute approximate surface area is 123 Å². The summed E-state index contributed by atoms with van der Waals surface area (Å²) in [5.41, 5.74) is 0.541. The van der Waals surface area contributed by atoms with Crippen molar-refractivity contribution in [1.29, 1.82) is 0 Å². The third-order valence-electron chi connectivity index (χ3n) is 2.66. The van der Waals surface area contributed by atoms with Gasteiger partial charge in [0, 0.05) is 12.7 Å². The van der Waals surface area contributed by atoms with Crippen molar-refractivity contribution < 1.29 is 29.6 Å². The Bertz CT molecular complexity index is 471. The molecule has 0 amide bonds. The number of carboxylic acid groups (broad SMARTS) is 1. The molecule has 0 aliphatic rings. The summed E-state index contributed by atoms with van der Waals surface area (Å²) in [7, 11) is 0. The molecule has 0 saturated heterocycles. The fourth-order valence-corrected chi connectivity index (χ4v) is 1.76. The van der Waals surface area contributed by atoms with E-state index in [0.717, 1.165) is 6.08 Å². The van der Waals surface area contributed by atoms with E-state index < -0.39 is 18.2 Å². The molecule has 1 aromatic rings. The summed E-state index contributed by atoms with van der Waals surface area (Å²) in [4.78, 5) is 10.6. The van der Waals surface area contributed by atoms with Crippen LogP contribution >= 0.6 is 0 Å². The molecule has 6 nitrogen and oxygen atoms in total. The van der Waals surface area contributed by atoms with Gasteiger partial charge < -0.3 is 24.8 Å². The summed E-state index contributed by atoms with van der Waals surface area (Å²) < 4.78 is 10.6. The van der Waals surface area contributed by atoms with Crippen molar-refractivity contribution in [3.63, 3.8) is 0 Å². The Hall–Kier alpha value is -1.89. The van der Waals surface area contributed by atoms with E-state index in [0.29, 0.717) is 17.9 Å². The summed E-state index contributed by atoms with van der Waals surface area (Å²) in [6.07, 6.45) is 0.463. The van der Waals surface area contributed by atoms with E-state index in [1.54, 1.807) is 31.2 Å². The predicted molar refractivity (Wildman–Crippen MR) is 76.2 cm³/mol. The third kappa shape index (κ3) is 5.95. The molecule has 0 spiro atoms. The zero-order valence-corrected chi connectivity index (χ0v) is 11.8. The van der Waals surface area contributed by atoms with E-state index in [4.69, 9.17) is 19.7 Å². The first kappa shape index (κ1) is 17.2. The number of aliphatic hydroxyl groups excluding tert-OH is 2. The molecule has 1 aromatic carbocycles. The molecule has 3 N–H and O–H groups in total. The normalized spacial score (nSPS) is 14.0. The van der Waals surface area contributed by atoms with E-state index in [2.05, 4.69) is 0 Å². The van der Waals surface area contributed by atoms with Crippen molar-refractivity contribution in [2.45, 2.75) is 19.1 Å². The molecule has 0 saturated carbocycles. The molecule has 0 fully saturated rings. The molecule has 0 bridgehead atoms. The number of rotatable bonds is 9. The number of benzene rings is 1. The number of carboxylic acids is 1. The average Bonchev–Trinajstić information content (AvgIpc) is 2.48. The molecule has 0 heterocycles. The number of ether oxygens (including phenoxy) is 2. The van der Waals surface area contributed by atoms with E-state index in [1.165, 1.54) is 6.08 Å². The number of aliphatic carboxylic acids is 1. The minimum absolute atomic E-state index is 0.101. The molecule has 6 heteroatoms. The number of carbonyl (C=O) groups is 1. The van der Waals surface area contributed by atoms with Gasteiger partial charge in [-0.3, -0.25) is 0 Å². The Morgan fingerprint density at radius 3 is 2.81 bits per heavy atom. The minimum atomic E-state index is -1.10. The quantitative estimate of drug-likeness (QED) is 0.591. The Morgan fingerprint density at radius 1 is 1.43 bits per heavy atom. The van der Waals surface area contributed by atoms with Gasteiger partial charge >= 0.3 is 5.97 Å². The van der Waals surface area contributed by atoms with Crippen LogP contribution in [0.15, 0.2) is 36.4 Å². The number of hydrogen-bond acceptors (Lipinski definition) is 5. The van der Waals surface area contributed by atoms with Crippen LogP contribution in [-0.4, -0.2) is 47.2 Å². The van der Waals surface area contributed by atoms with Crippen LogP contribution in [0.25, 0.3) is 0 Å². The molecule has 0 unspecified atom stereocenters. The second-order valence-electron chi connectivity index (χ2n) is 4.21. The first-order valence-electron chi connectivity index (χ1n) is 6.63. The smallest absolute Gasteiger partial charge is 0.328 e. The van der Waals surface area contributed by atoms with E-state index >= 15 is 0 Å². The largest absolute Gasteiger partial charge is 0.491 e. The topological polar surface area (TPSA) is 96.2 Å². The van der Waals surface area contributed by atoms with Crippen LogP contribution in [0.5, 0.6) is 5.75 Å². The molecular weight excluding hydrogens is 276 g/mol. The standard InChI is InChI=1S/C15H20O6/c1-2-20-13(6-7-14(17)18)15(19)11-4-3-5-12(10-11)21-9-8-16/h3-7,10,13,15-16,19H,2,8-9H2,1H3,(H,17,18)/b7-6+/t13-,15-/m1/s1. The fourth-order valence-electron chi connectivity index (χ4n) is 1.76. The SMILES string of the molecule is CCO[C@H](/C=C/C(=O)O)[C@H](O)c1cccc(OCCO)c1. The maximum absolute atomic E-state index is 10.6. The van der Waals surface area contributed by atoms with Crippen LogP contribution in [0.1, 0.15) is 18.6 Å². The Morgan fingerprint density at radius 2 is 2.19 bits per heavy atom. The second-order valence-corrected chi connectivity index (χ2v) is 4.21. The Kier molecular flexibility index (Phi) is 7.45. The first-order valence-corrected chi connectivity index (χ1v) is 6.63. The van der Waals surface area contributed by atoms with E-state index in [1.807, 2.05) is 0 Å². The molecule has 0 radical (unpaired) electrons. The van der Waals surface area contributed by atoms with Crippen molar-refractivity contribution in [3.05, 3.63) is 42.0 Å². The summed E-state index contributed by atoms with van der Waals surface area (Å²) in [6.45, 7) is 2.16. The lowest BCUT2D eigenvalue weighted by molar-refractivity contribution is -0.131. The lowest BCUT2D eigenvalue weighted by atomic mass is 10.0. The molecule has 2 atom stereocenters. The molecule has 1 rings (SSSR count). The monoisotopic (exact) mass is 296 g/mol. The summed E-state index contributed by atoms with van der Waals surface area (Å²) >= 11 is 0. The van der Waals surface area contributed by atoms with Crippen LogP contribution in [0.3, 0.4) is 0 Å². The van der Waals surface area contributed by atoms with Crippen molar-refractivity contribution in [1.82, 2.24) is 0 Å². The third-order valence-corrected chi connectivity index (χ3v) is 2.66. The van der Waals surface area contributed by atoms with Gasteiger partial charge in [-0.2, -0.15) is 0 Å². The van der Waals surface area contributed by atoms with Gasteiger partial charge in [-0.1, -0.05) is 12.1 Å². The number of aliphatic hydroxyl groups is 2. The lowest BCUT2D eigenvalue weighted by Gasteiger charge is -2.20. The maximum atomic E-state index is 10.6. The fraction of sp³-hybridized carbons (Fsp3) is 0.400. The summed E-state index contributed by atoms with van der Waals surface area (Å²) in [5.74, 6) is -0.593. The average molecular weight is 296 g/mol. The lowest BCUT2D eigenvalue weighted by Crippen LogP contribution is -2.20. The predicted octanol–water partition coefficient (Wildman–Crippen LogP) is 1.14. The highest BCUT2D eigenvalue weighted by Gasteiger charge is 2.19. The van der Waals surface area contributed by atoms with Crippen LogP contribution in [0.4, 0.5) is 0 Å². The van der Waals surface area contributed by atoms with Gasteiger partial charge in [-0.15, -0.1) is 0 Å². The Balaban J connectivity index is 2.86. The van der Waals surface area contributed by atoms with Crippen molar-refractivity contribution in [2.75, 3.05) is 19.8 Å². The zero-order chi connectivity index (χ0) is 15.7. The van der Waals surface area contributed by atoms with E-state index in [9.17, 15) is 9.90 Å². The highest BCUT2D eigenvalue weighted by molar-refractivity contribution is 5.79. The summed E-state index contributed by atoms with van der Waals surface area (Å²) in [6, 6.07) is 6.72. The molecule has 0 aliphatic heterocycles. The van der Waals surface area contributed by atoms with Crippen molar-refractivity contribution in [3.8, 4) is 5.75 Å². The van der Waals surface area contributed by atoms with Gasteiger partial charge in [0.15, 0.2) is 0 Å². The van der Waals surface area contributed by atoms with Crippen LogP contribution < -0.4 is 4.74 Å².